The molecule has 0 aliphatic rings. The summed E-state index contributed by atoms with van der Waals surface area (Å²) in [5.41, 5.74) is 4.79. The summed E-state index contributed by atoms with van der Waals surface area (Å²) < 4.78 is 0. The monoisotopic (exact) mass is 235 g/mol. The van der Waals surface area contributed by atoms with E-state index in [4.69, 9.17) is 9.88 Å². The Morgan fingerprint density at radius 3 is 1.50 bits per heavy atom. The Hall–Kier alpha value is -0.240. The van der Waals surface area contributed by atoms with Gasteiger partial charge in [-0.25, -0.2) is 0 Å². The average molecular weight is 235 g/mol. The van der Waals surface area contributed by atoms with E-state index in [1.807, 2.05) is 41.5 Å². The fraction of sp³-hybridized carbons (Fsp3) is 1.00. The van der Waals surface area contributed by atoms with Crippen LogP contribution in [-0.4, -0.2) is 11.1 Å². The van der Waals surface area contributed by atoms with E-state index in [0.29, 0.717) is 0 Å². The highest BCUT2D eigenvalue weighted by atomic mass is 17.2. The van der Waals surface area contributed by atoms with Gasteiger partial charge in [-0.05, 0) is 45.9 Å². The minimum absolute atomic E-state index is 0.251. The van der Waals surface area contributed by atoms with Gasteiger partial charge in [0.15, 0.2) is 0 Å². The van der Waals surface area contributed by atoms with Gasteiger partial charge in [0.25, 0.3) is 0 Å². The summed E-state index contributed by atoms with van der Waals surface area (Å²) in [6, 6.07) is 0. The Balaban J connectivity index is 3.79. The van der Waals surface area contributed by atoms with Crippen molar-refractivity contribution in [1.82, 2.24) is 11.0 Å². The zero-order valence-corrected chi connectivity index (χ0v) is 11.1. The smallest absolute Gasteiger partial charge is 0.0432 e. The summed E-state index contributed by atoms with van der Waals surface area (Å²) in [7, 11) is 0. The third-order valence-corrected chi connectivity index (χ3v) is 2.59. The van der Waals surface area contributed by atoms with E-state index < -0.39 is 5.39 Å². The molecule has 0 bridgehead atoms. The Bertz CT molecular complexity index is 178. The van der Waals surface area contributed by atoms with Crippen LogP contribution in [0.4, 0.5) is 0 Å². The summed E-state index contributed by atoms with van der Waals surface area (Å²) in [6.07, 6.45) is 1.68. The SMILES string of the molecule is CCC(C)(C)NO[NH+]([O-])ONC(C)(C)CC. The standard InChI is InChI=1S/C10H25N3O3/c1-7-9(3,4)11-15-13(14)16-12-10(5,6)8-2/h11-13H,7-8H2,1-6H3. The minimum Gasteiger partial charge on any atom is -0.563 e. The number of hydrogen-bond donors (Lipinski definition) is 3. The minimum atomic E-state index is -0.775. The highest BCUT2D eigenvalue weighted by Gasteiger charge is 2.19. The van der Waals surface area contributed by atoms with Crippen molar-refractivity contribution in [1.29, 1.82) is 0 Å². The third-order valence-electron chi connectivity index (χ3n) is 2.59. The quantitative estimate of drug-likeness (QED) is 0.538. The zero-order chi connectivity index (χ0) is 12.8. The molecule has 0 atom stereocenters. The van der Waals surface area contributed by atoms with Crippen LogP contribution in [0.25, 0.3) is 0 Å². The summed E-state index contributed by atoms with van der Waals surface area (Å²) in [5.74, 6) is 0. The van der Waals surface area contributed by atoms with Crippen molar-refractivity contribution in [2.24, 2.45) is 0 Å². The topological polar surface area (TPSA) is 70.0 Å². The lowest BCUT2D eigenvalue weighted by atomic mass is 10.0. The number of rotatable bonds is 8. The zero-order valence-electron chi connectivity index (χ0n) is 11.1. The van der Waals surface area contributed by atoms with E-state index in [9.17, 15) is 5.21 Å². The summed E-state index contributed by atoms with van der Waals surface area (Å²) in [5, 5.41) is 10.4. The number of quaternary nitrogens is 1. The van der Waals surface area contributed by atoms with Gasteiger partial charge in [0, 0.05) is 11.1 Å². The first-order valence-corrected chi connectivity index (χ1v) is 5.64. The second-order valence-corrected chi connectivity index (χ2v) is 5.13. The second kappa shape index (κ2) is 6.48. The molecule has 3 N–H and O–H groups in total. The molecule has 0 aliphatic heterocycles. The number of nitrogens with one attached hydrogen (secondary N) is 3. The van der Waals surface area contributed by atoms with E-state index >= 15 is 0 Å². The van der Waals surface area contributed by atoms with Crippen molar-refractivity contribution in [3.05, 3.63) is 5.21 Å². The molecule has 0 radical (unpaired) electrons. The molecule has 0 saturated carbocycles. The predicted molar refractivity (Wildman–Crippen MR) is 61.5 cm³/mol. The highest BCUT2D eigenvalue weighted by molar-refractivity contribution is 4.69. The molecule has 16 heavy (non-hydrogen) atoms. The molecule has 98 valence electrons. The summed E-state index contributed by atoms with van der Waals surface area (Å²) in [6.45, 7) is 11.7. The number of hydrogen-bond acceptors (Lipinski definition) is 5. The summed E-state index contributed by atoms with van der Waals surface area (Å²) >= 11 is 0. The van der Waals surface area contributed by atoms with Gasteiger partial charge in [0.2, 0.25) is 0 Å². The first kappa shape index (κ1) is 15.8. The van der Waals surface area contributed by atoms with Crippen LogP contribution in [0.15, 0.2) is 0 Å². The van der Waals surface area contributed by atoms with Crippen LogP contribution in [0.1, 0.15) is 54.4 Å². The van der Waals surface area contributed by atoms with Crippen LogP contribution in [0.5, 0.6) is 0 Å². The van der Waals surface area contributed by atoms with Gasteiger partial charge in [-0.1, -0.05) is 23.7 Å². The van der Waals surface area contributed by atoms with Gasteiger partial charge in [0.05, 0.1) is 0 Å². The lowest BCUT2D eigenvalue weighted by Crippen LogP contribution is -3.08. The van der Waals surface area contributed by atoms with Gasteiger partial charge < -0.3 is 5.21 Å². The lowest BCUT2D eigenvalue weighted by Gasteiger charge is -2.28. The molecule has 0 aromatic carbocycles. The Kier molecular flexibility index (Phi) is 6.39. The van der Waals surface area contributed by atoms with E-state index in [1.54, 1.807) is 0 Å². The molecule has 6 nitrogen and oxygen atoms in total. The first-order valence-electron chi connectivity index (χ1n) is 5.64. The van der Waals surface area contributed by atoms with Crippen LogP contribution >= 0.6 is 0 Å². The van der Waals surface area contributed by atoms with Crippen LogP contribution < -0.4 is 16.4 Å². The number of hydroxylamine groups is 2. The van der Waals surface area contributed by atoms with E-state index in [0.717, 1.165) is 12.8 Å². The third kappa shape index (κ3) is 7.10. The van der Waals surface area contributed by atoms with Crippen molar-refractivity contribution in [2.75, 3.05) is 0 Å². The molecule has 6 heteroatoms. The Morgan fingerprint density at radius 2 is 1.25 bits per heavy atom. The Labute approximate surface area is 97.7 Å². The van der Waals surface area contributed by atoms with Gasteiger partial charge in [0.1, 0.15) is 0 Å². The normalized spacial score (nSPS) is 13.5. The maximum Gasteiger partial charge on any atom is 0.0432 e. The Morgan fingerprint density at radius 1 is 0.938 bits per heavy atom. The van der Waals surface area contributed by atoms with E-state index in [-0.39, 0.29) is 11.1 Å². The van der Waals surface area contributed by atoms with Crippen LogP contribution in [0.3, 0.4) is 0 Å². The van der Waals surface area contributed by atoms with Crippen molar-refractivity contribution in [2.45, 2.75) is 65.5 Å². The molecule has 0 aromatic heterocycles. The van der Waals surface area contributed by atoms with Gasteiger partial charge >= 0.3 is 0 Å². The van der Waals surface area contributed by atoms with Crippen molar-refractivity contribution in [3.8, 4) is 0 Å². The molecule has 0 spiro atoms. The molecule has 0 saturated heterocycles. The van der Waals surface area contributed by atoms with Crippen LogP contribution in [0.2, 0.25) is 0 Å². The molecule has 0 aliphatic carbocycles. The van der Waals surface area contributed by atoms with Gasteiger partial charge in [-0.15, -0.1) is 11.0 Å². The fourth-order valence-corrected chi connectivity index (χ4v) is 0.525. The fourth-order valence-electron chi connectivity index (χ4n) is 0.525. The van der Waals surface area contributed by atoms with Crippen molar-refractivity contribution >= 4 is 0 Å². The van der Waals surface area contributed by atoms with Crippen molar-refractivity contribution in [3.63, 3.8) is 0 Å². The van der Waals surface area contributed by atoms with Crippen LogP contribution in [0, 0.1) is 5.21 Å². The molecule has 0 heterocycles. The largest absolute Gasteiger partial charge is 0.563 e. The molecule has 0 aromatic rings. The van der Waals surface area contributed by atoms with Crippen LogP contribution in [-0.2, 0) is 9.88 Å². The molecule has 0 unspecified atom stereocenters. The summed E-state index contributed by atoms with van der Waals surface area (Å²) in [4.78, 5) is 9.53. The molecular formula is C10H25N3O3. The highest BCUT2D eigenvalue weighted by Crippen LogP contribution is 2.06. The first-order chi connectivity index (χ1) is 7.22. The molecule has 0 rings (SSSR count). The maximum atomic E-state index is 11.2. The predicted octanol–water partition coefficient (Wildman–Crippen LogP) is 0.619. The molecule has 0 amide bonds. The van der Waals surface area contributed by atoms with E-state index in [1.165, 1.54) is 0 Å². The van der Waals surface area contributed by atoms with Crippen molar-refractivity contribution < 1.29 is 15.3 Å². The van der Waals surface area contributed by atoms with Gasteiger partial charge in [-0.2, -0.15) is 0 Å². The average Bonchev–Trinajstić information content (AvgIpc) is 2.24. The maximum absolute atomic E-state index is 11.2. The second-order valence-electron chi connectivity index (χ2n) is 5.13. The van der Waals surface area contributed by atoms with E-state index in [2.05, 4.69) is 11.0 Å². The van der Waals surface area contributed by atoms with Gasteiger partial charge in [-0.3, -0.25) is 0 Å². The molecule has 0 fully saturated rings. The lowest BCUT2D eigenvalue weighted by molar-refractivity contribution is -1.22. The molecular weight excluding hydrogens is 210 g/mol.